The van der Waals surface area contributed by atoms with E-state index in [1.807, 2.05) is 0 Å². The Morgan fingerprint density at radius 1 is 1.62 bits per heavy atom. The van der Waals surface area contributed by atoms with Gasteiger partial charge in [-0.15, -0.1) is 0 Å². The van der Waals surface area contributed by atoms with Crippen LogP contribution >= 0.6 is 7.82 Å². The summed E-state index contributed by atoms with van der Waals surface area (Å²) in [6, 6.07) is 0. The molecular formula is C2H9O5P. The van der Waals surface area contributed by atoms with E-state index in [2.05, 4.69) is 4.52 Å². The Morgan fingerprint density at radius 3 is 2.00 bits per heavy atom. The lowest BCUT2D eigenvalue weighted by Gasteiger charge is -1.98. The SMILES string of the molecule is CCOP(=O)(O)O.O. The van der Waals surface area contributed by atoms with Crippen molar-refractivity contribution < 1.29 is 24.4 Å². The lowest BCUT2D eigenvalue weighted by Crippen LogP contribution is -1.84. The van der Waals surface area contributed by atoms with Crippen molar-refractivity contribution in [2.75, 3.05) is 6.61 Å². The van der Waals surface area contributed by atoms with Crippen molar-refractivity contribution >= 4 is 7.82 Å². The minimum absolute atomic E-state index is 0. The molecule has 0 aliphatic carbocycles. The molecule has 8 heavy (non-hydrogen) atoms. The van der Waals surface area contributed by atoms with Gasteiger partial charge in [-0.1, -0.05) is 0 Å². The van der Waals surface area contributed by atoms with E-state index in [0.717, 1.165) is 0 Å². The van der Waals surface area contributed by atoms with Crippen LogP contribution in [0.1, 0.15) is 6.92 Å². The minimum Gasteiger partial charge on any atom is -0.412 e. The summed E-state index contributed by atoms with van der Waals surface area (Å²) in [5, 5.41) is 0. The lowest BCUT2D eigenvalue weighted by atomic mass is 10.9. The van der Waals surface area contributed by atoms with Crippen molar-refractivity contribution in [3.63, 3.8) is 0 Å². The summed E-state index contributed by atoms with van der Waals surface area (Å²) >= 11 is 0. The van der Waals surface area contributed by atoms with Gasteiger partial charge in [0.05, 0.1) is 6.61 Å². The number of phosphoric acid groups is 1. The monoisotopic (exact) mass is 144 g/mol. The Hall–Kier alpha value is 0.0700. The van der Waals surface area contributed by atoms with E-state index < -0.39 is 7.82 Å². The number of rotatable bonds is 2. The van der Waals surface area contributed by atoms with Crippen LogP contribution in [0.2, 0.25) is 0 Å². The zero-order chi connectivity index (χ0) is 5.91. The standard InChI is InChI=1S/C2H7O4P.H2O/c1-2-6-7(3,4)5;/h2H2,1H3,(H2,3,4,5);1H2. The summed E-state index contributed by atoms with van der Waals surface area (Å²) in [6.07, 6.45) is 0. The lowest BCUT2D eigenvalue weighted by molar-refractivity contribution is 0.206. The van der Waals surface area contributed by atoms with Gasteiger partial charge in [0.15, 0.2) is 0 Å². The highest BCUT2D eigenvalue weighted by molar-refractivity contribution is 7.46. The summed E-state index contributed by atoms with van der Waals surface area (Å²) in [5.74, 6) is 0. The van der Waals surface area contributed by atoms with Gasteiger partial charge in [0.25, 0.3) is 0 Å². The molecule has 0 rings (SSSR count). The third kappa shape index (κ3) is 9.42. The highest BCUT2D eigenvalue weighted by Crippen LogP contribution is 2.34. The van der Waals surface area contributed by atoms with E-state index >= 15 is 0 Å². The van der Waals surface area contributed by atoms with Crippen LogP contribution in [0.5, 0.6) is 0 Å². The second kappa shape index (κ2) is 4.00. The normalized spacial score (nSPS) is 10.4. The maximum Gasteiger partial charge on any atom is 0.469 e. The molecule has 0 fully saturated rings. The van der Waals surface area contributed by atoms with E-state index in [1.54, 1.807) is 0 Å². The molecule has 4 N–H and O–H groups in total. The highest BCUT2D eigenvalue weighted by atomic mass is 31.2. The van der Waals surface area contributed by atoms with Crippen molar-refractivity contribution in [2.45, 2.75) is 6.92 Å². The molecule has 52 valence electrons. The molecular weight excluding hydrogens is 135 g/mol. The molecule has 0 saturated carbocycles. The van der Waals surface area contributed by atoms with Crippen molar-refractivity contribution in [3.05, 3.63) is 0 Å². The smallest absolute Gasteiger partial charge is 0.412 e. The fourth-order valence-electron chi connectivity index (χ4n) is 0.168. The van der Waals surface area contributed by atoms with Crippen molar-refractivity contribution in [3.8, 4) is 0 Å². The van der Waals surface area contributed by atoms with Crippen LogP contribution < -0.4 is 0 Å². The van der Waals surface area contributed by atoms with Crippen LogP contribution in [-0.2, 0) is 9.09 Å². The fourth-order valence-corrected chi connectivity index (χ4v) is 0.505. The molecule has 0 radical (unpaired) electrons. The summed E-state index contributed by atoms with van der Waals surface area (Å²) in [5.41, 5.74) is 0. The third-order valence-electron chi connectivity index (χ3n) is 0.297. The summed E-state index contributed by atoms with van der Waals surface area (Å²) < 4.78 is 13.6. The molecule has 0 bridgehead atoms. The fraction of sp³-hybridized carbons (Fsp3) is 1.00. The Labute approximate surface area is 46.8 Å². The third-order valence-corrected chi connectivity index (χ3v) is 0.892. The Kier molecular flexibility index (Phi) is 5.47. The molecule has 5 nitrogen and oxygen atoms in total. The molecule has 0 atom stereocenters. The van der Waals surface area contributed by atoms with Crippen LogP contribution in [0.15, 0.2) is 0 Å². The minimum atomic E-state index is -4.17. The van der Waals surface area contributed by atoms with Crippen LogP contribution in [0, 0.1) is 0 Å². The molecule has 0 aromatic rings. The van der Waals surface area contributed by atoms with Crippen LogP contribution in [0.25, 0.3) is 0 Å². The molecule has 0 unspecified atom stereocenters. The molecule has 0 heterocycles. The van der Waals surface area contributed by atoms with E-state index in [0.29, 0.717) is 0 Å². The summed E-state index contributed by atoms with van der Waals surface area (Å²) in [6.45, 7) is 1.56. The van der Waals surface area contributed by atoms with Gasteiger partial charge in [-0.05, 0) is 6.92 Å². The van der Waals surface area contributed by atoms with Crippen molar-refractivity contribution in [1.29, 1.82) is 0 Å². The molecule has 0 amide bonds. The quantitative estimate of drug-likeness (QED) is 0.500. The van der Waals surface area contributed by atoms with Crippen molar-refractivity contribution in [1.82, 2.24) is 0 Å². The van der Waals surface area contributed by atoms with Gasteiger partial charge in [-0.2, -0.15) is 0 Å². The molecule has 0 aliphatic rings. The molecule has 0 aliphatic heterocycles. The molecule has 6 heteroatoms. The Bertz CT molecular complexity index is 84.4. The van der Waals surface area contributed by atoms with E-state index in [4.69, 9.17) is 9.79 Å². The van der Waals surface area contributed by atoms with Gasteiger partial charge in [0.2, 0.25) is 0 Å². The Morgan fingerprint density at radius 2 is 2.00 bits per heavy atom. The van der Waals surface area contributed by atoms with Gasteiger partial charge < -0.3 is 15.3 Å². The summed E-state index contributed by atoms with van der Waals surface area (Å²) in [7, 11) is -4.17. The maximum absolute atomic E-state index is 9.70. The number of hydrogen-bond acceptors (Lipinski definition) is 2. The zero-order valence-electron chi connectivity index (χ0n) is 4.37. The molecule has 0 saturated heterocycles. The van der Waals surface area contributed by atoms with Crippen molar-refractivity contribution in [2.24, 2.45) is 0 Å². The van der Waals surface area contributed by atoms with Crippen LogP contribution in [-0.4, -0.2) is 21.9 Å². The molecule has 0 aromatic heterocycles. The predicted octanol–water partition coefficient (Wildman–Crippen LogP) is -0.709. The van der Waals surface area contributed by atoms with E-state index in [1.165, 1.54) is 6.92 Å². The average molecular weight is 144 g/mol. The van der Waals surface area contributed by atoms with E-state index in [9.17, 15) is 4.57 Å². The van der Waals surface area contributed by atoms with Gasteiger partial charge >= 0.3 is 7.82 Å². The first-order valence-electron chi connectivity index (χ1n) is 1.76. The van der Waals surface area contributed by atoms with Crippen LogP contribution in [0.3, 0.4) is 0 Å². The highest BCUT2D eigenvalue weighted by Gasteiger charge is 2.10. The predicted molar refractivity (Wildman–Crippen MR) is 27.3 cm³/mol. The summed E-state index contributed by atoms with van der Waals surface area (Å²) in [4.78, 5) is 15.8. The largest absolute Gasteiger partial charge is 0.469 e. The first-order valence-corrected chi connectivity index (χ1v) is 3.29. The number of hydrogen-bond donors (Lipinski definition) is 2. The van der Waals surface area contributed by atoms with E-state index in [-0.39, 0.29) is 12.1 Å². The maximum atomic E-state index is 9.70. The average Bonchev–Trinajstić information content (AvgIpc) is 1.30. The second-order valence-corrected chi connectivity index (χ2v) is 2.15. The topological polar surface area (TPSA) is 98.3 Å². The molecule has 0 spiro atoms. The second-order valence-electron chi connectivity index (χ2n) is 0.908. The zero-order valence-corrected chi connectivity index (χ0v) is 5.26. The van der Waals surface area contributed by atoms with Gasteiger partial charge in [0.1, 0.15) is 0 Å². The van der Waals surface area contributed by atoms with Gasteiger partial charge in [-0.3, -0.25) is 4.52 Å². The first kappa shape index (κ1) is 10.9. The van der Waals surface area contributed by atoms with Gasteiger partial charge in [-0.25, -0.2) is 4.57 Å². The Balaban J connectivity index is 0. The number of phosphoric ester groups is 1. The molecule has 0 aromatic carbocycles. The first-order chi connectivity index (χ1) is 3.06. The van der Waals surface area contributed by atoms with Crippen LogP contribution in [0.4, 0.5) is 0 Å². The van der Waals surface area contributed by atoms with Gasteiger partial charge in [0, 0.05) is 0 Å².